The van der Waals surface area contributed by atoms with Crippen molar-refractivity contribution >= 4 is 11.7 Å². The van der Waals surface area contributed by atoms with Crippen LogP contribution in [-0.4, -0.2) is 37.2 Å². The zero-order chi connectivity index (χ0) is 13.5. The van der Waals surface area contributed by atoms with E-state index in [0.717, 1.165) is 32.6 Å². The van der Waals surface area contributed by atoms with Gasteiger partial charge in [-0.25, -0.2) is 4.98 Å². The molecule has 0 spiro atoms. The molecule has 1 aromatic rings. The number of hydrogen-bond acceptors (Lipinski definition) is 4. The van der Waals surface area contributed by atoms with Gasteiger partial charge in [-0.05, 0) is 25.0 Å². The van der Waals surface area contributed by atoms with Gasteiger partial charge in [-0.1, -0.05) is 6.92 Å². The number of carbonyl (C=O) groups is 1. The fourth-order valence-corrected chi connectivity index (χ4v) is 2.05. The van der Waals surface area contributed by atoms with Gasteiger partial charge in [-0.3, -0.25) is 4.79 Å². The topological polar surface area (TPSA) is 63.2 Å². The van der Waals surface area contributed by atoms with E-state index in [1.165, 1.54) is 0 Å². The number of ether oxygens (including phenoxy) is 1. The van der Waals surface area contributed by atoms with Crippen molar-refractivity contribution in [1.82, 2.24) is 10.3 Å². The van der Waals surface area contributed by atoms with Crippen LogP contribution < -0.4 is 10.6 Å². The summed E-state index contributed by atoms with van der Waals surface area (Å²) in [6.07, 6.45) is 3.71. The minimum atomic E-state index is -0.0707. The zero-order valence-corrected chi connectivity index (χ0v) is 11.3. The summed E-state index contributed by atoms with van der Waals surface area (Å²) in [5.74, 6) is 1.02. The molecule has 0 aromatic carbocycles. The molecule has 0 aliphatic carbocycles. The number of hydrogen-bond donors (Lipinski definition) is 2. The van der Waals surface area contributed by atoms with Gasteiger partial charge in [-0.15, -0.1) is 0 Å². The van der Waals surface area contributed by atoms with E-state index in [1.807, 2.05) is 0 Å². The van der Waals surface area contributed by atoms with Crippen molar-refractivity contribution in [3.8, 4) is 0 Å². The lowest BCUT2D eigenvalue weighted by molar-refractivity contribution is 0.0945. The lowest BCUT2D eigenvalue weighted by Gasteiger charge is -2.12. The van der Waals surface area contributed by atoms with Crippen LogP contribution in [0.25, 0.3) is 0 Å². The predicted octanol–water partition coefficient (Wildman–Crippen LogP) is 1.67. The zero-order valence-electron chi connectivity index (χ0n) is 11.3. The van der Waals surface area contributed by atoms with E-state index in [9.17, 15) is 4.79 Å². The van der Waals surface area contributed by atoms with Gasteiger partial charge in [0, 0.05) is 31.8 Å². The van der Waals surface area contributed by atoms with Crippen LogP contribution >= 0.6 is 0 Å². The fraction of sp³-hybridized carbons (Fsp3) is 0.571. The number of amides is 1. The fourth-order valence-electron chi connectivity index (χ4n) is 2.05. The molecule has 1 fully saturated rings. The normalized spacial score (nSPS) is 18.3. The quantitative estimate of drug-likeness (QED) is 0.819. The van der Waals surface area contributed by atoms with Crippen molar-refractivity contribution < 1.29 is 9.53 Å². The highest BCUT2D eigenvalue weighted by Crippen LogP contribution is 2.13. The summed E-state index contributed by atoms with van der Waals surface area (Å²) in [6, 6.07) is 3.58. The summed E-state index contributed by atoms with van der Waals surface area (Å²) in [4.78, 5) is 16.4. The minimum absolute atomic E-state index is 0.0707. The second kappa shape index (κ2) is 7.09. The van der Waals surface area contributed by atoms with Crippen LogP contribution in [0.4, 0.5) is 5.82 Å². The monoisotopic (exact) mass is 263 g/mol. The summed E-state index contributed by atoms with van der Waals surface area (Å²) >= 11 is 0. The minimum Gasteiger partial charge on any atom is -0.381 e. The first-order chi connectivity index (χ1) is 9.31. The van der Waals surface area contributed by atoms with Crippen LogP contribution in [0.2, 0.25) is 0 Å². The summed E-state index contributed by atoms with van der Waals surface area (Å²) in [7, 11) is 0. The highest BCUT2D eigenvalue weighted by molar-refractivity contribution is 5.98. The van der Waals surface area contributed by atoms with Crippen molar-refractivity contribution in [2.45, 2.75) is 19.8 Å². The molecule has 1 aliphatic heterocycles. The van der Waals surface area contributed by atoms with Gasteiger partial charge < -0.3 is 15.4 Å². The standard InChI is InChI=1S/C14H21N3O2/c1-2-6-15-13-12(4-3-7-16-13)14(18)17-9-11-5-8-19-10-11/h3-4,7,11H,2,5-6,8-10H2,1H3,(H,15,16)(H,17,18). The average molecular weight is 263 g/mol. The van der Waals surface area contributed by atoms with E-state index in [1.54, 1.807) is 18.3 Å². The van der Waals surface area contributed by atoms with E-state index in [0.29, 0.717) is 23.8 Å². The maximum atomic E-state index is 12.2. The van der Waals surface area contributed by atoms with Crippen LogP contribution in [0.3, 0.4) is 0 Å². The maximum Gasteiger partial charge on any atom is 0.255 e. The first-order valence-electron chi connectivity index (χ1n) is 6.86. The Kier molecular flexibility index (Phi) is 5.15. The molecular weight excluding hydrogens is 242 g/mol. The van der Waals surface area contributed by atoms with Gasteiger partial charge in [0.15, 0.2) is 0 Å². The first kappa shape index (κ1) is 13.8. The molecule has 5 heteroatoms. The lowest BCUT2D eigenvalue weighted by Crippen LogP contribution is -2.30. The van der Waals surface area contributed by atoms with Gasteiger partial charge in [0.25, 0.3) is 5.91 Å². The molecule has 1 saturated heterocycles. The van der Waals surface area contributed by atoms with Crippen LogP contribution in [0.1, 0.15) is 30.1 Å². The van der Waals surface area contributed by atoms with Gasteiger partial charge >= 0.3 is 0 Å². The molecule has 1 amide bonds. The second-order valence-electron chi connectivity index (χ2n) is 4.77. The van der Waals surface area contributed by atoms with E-state index in [4.69, 9.17) is 4.74 Å². The molecule has 2 heterocycles. The summed E-state index contributed by atoms with van der Waals surface area (Å²) in [6.45, 7) is 5.11. The van der Waals surface area contributed by atoms with Crippen molar-refractivity contribution in [2.75, 3.05) is 31.6 Å². The van der Waals surface area contributed by atoms with Gasteiger partial charge in [0.05, 0.1) is 12.2 Å². The van der Waals surface area contributed by atoms with Crippen molar-refractivity contribution in [3.05, 3.63) is 23.9 Å². The molecule has 0 bridgehead atoms. The number of carbonyl (C=O) groups excluding carboxylic acids is 1. The van der Waals surface area contributed by atoms with Crippen LogP contribution in [0.5, 0.6) is 0 Å². The van der Waals surface area contributed by atoms with E-state index < -0.39 is 0 Å². The van der Waals surface area contributed by atoms with Gasteiger partial charge in [0.1, 0.15) is 5.82 Å². The highest BCUT2D eigenvalue weighted by Gasteiger charge is 2.18. The van der Waals surface area contributed by atoms with Crippen molar-refractivity contribution in [3.63, 3.8) is 0 Å². The third-order valence-electron chi connectivity index (χ3n) is 3.17. The summed E-state index contributed by atoms with van der Waals surface area (Å²) in [5, 5.41) is 6.13. The Bertz CT molecular complexity index is 417. The van der Waals surface area contributed by atoms with E-state index in [-0.39, 0.29) is 5.91 Å². The second-order valence-corrected chi connectivity index (χ2v) is 4.77. The maximum absolute atomic E-state index is 12.2. The SMILES string of the molecule is CCCNc1ncccc1C(=O)NCC1CCOC1. The third-order valence-corrected chi connectivity index (χ3v) is 3.17. The summed E-state index contributed by atoms with van der Waals surface area (Å²) in [5.41, 5.74) is 0.606. The number of nitrogens with zero attached hydrogens (tertiary/aromatic N) is 1. The smallest absolute Gasteiger partial charge is 0.255 e. The Labute approximate surface area is 113 Å². The molecule has 0 saturated carbocycles. The molecule has 2 rings (SSSR count). The Morgan fingerprint density at radius 2 is 2.47 bits per heavy atom. The van der Waals surface area contributed by atoms with Crippen LogP contribution in [0, 0.1) is 5.92 Å². The third kappa shape index (κ3) is 3.92. The highest BCUT2D eigenvalue weighted by atomic mass is 16.5. The van der Waals surface area contributed by atoms with Crippen molar-refractivity contribution in [2.24, 2.45) is 5.92 Å². The van der Waals surface area contributed by atoms with Crippen LogP contribution in [0.15, 0.2) is 18.3 Å². The molecule has 1 unspecified atom stereocenters. The van der Waals surface area contributed by atoms with Gasteiger partial charge in [0.2, 0.25) is 0 Å². The largest absolute Gasteiger partial charge is 0.381 e. The Morgan fingerprint density at radius 1 is 1.58 bits per heavy atom. The molecule has 104 valence electrons. The first-order valence-corrected chi connectivity index (χ1v) is 6.86. The lowest BCUT2D eigenvalue weighted by atomic mass is 10.1. The molecule has 1 aliphatic rings. The Balaban J connectivity index is 1.93. The molecular formula is C14H21N3O2. The van der Waals surface area contributed by atoms with E-state index in [2.05, 4.69) is 22.5 Å². The molecule has 5 nitrogen and oxygen atoms in total. The van der Waals surface area contributed by atoms with E-state index >= 15 is 0 Å². The predicted molar refractivity (Wildman–Crippen MR) is 74.3 cm³/mol. The Hall–Kier alpha value is -1.62. The molecule has 19 heavy (non-hydrogen) atoms. The molecule has 1 atom stereocenters. The number of rotatable bonds is 6. The number of pyridine rings is 1. The van der Waals surface area contributed by atoms with Crippen LogP contribution in [-0.2, 0) is 4.74 Å². The number of anilines is 1. The Morgan fingerprint density at radius 3 is 3.21 bits per heavy atom. The van der Waals surface area contributed by atoms with Gasteiger partial charge in [-0.2, -0.15) is 0 Å². The molecule has 1 aromatic heterocycles. The number of nitrogens with one attached hydrogen (secondary N) is 2. The molecule has 2 N–H and O–H groups in total. The average Bonchev–Trinajstić information content (AvgIpc) is 2.96. The van der Waals surface area contributed by atoms with Crippen molar-refractivity contribution in [1.29, 1.82) is 0 Å². The molecule has 0 radical (unpaired) electrons. The summed E-state index contributed by atoms with van der Waals surface area (Å²) < 4.78 is 5.30. The number of aromatic nitrogens is 1.